The Balaban J connectivity index is 3.17. The Labute approximate surface area is 162 Å². The van der Waals surface area contributed by atoms with Crippen LogP contribution in [0.5, 0.6) is 0 Å². The zero-order chi connectivity index (χ0) is 20.2. The SMILES string of the molecule is CN[C@@H](Cc1ccccc1)C(=O)O[Si](CC(C)C)(C(C)(C)C)C(C)(C)C. The summed E-state index contributed by atoms with van der Waals surface area (Å²) < 4.78 is 6.54. The highest BCUT2D eigenvalue weighted by Gasteiger charge is 2.58. The van der Waals surface area contributed by atoms with Crippen LogP contribution in [0, 0.1) is 5.92 Å². The molecule has 0 bridgehead atoms. The first-order valence-corrected chi connectivity index (χ1v) is 11.9. The molecule has 0 fully saturated rings. The van der Waals surface area contributed by atoms with E-state index in [0.717, 1.165) is 11.6 Å². The van der Waals surface area contributed by atoms with E-state index < -0.39 is 8.32 Å². The van der Waals surface area contributed by atoms with Crippen molar-refractivity contribution in [3.05, 3.63) is 35.9 Å². The number of nitrogens with one attached hydrogen (secondary N) is 1. The Morgan fingerprint density at radius 3 is 1.92 bits per heavy atom. The number of likely N-dealkylation sites (N-methyl/N-ethyl adjacent to an activating group) is 1. The molecule has 1 aromatic carbocycles. The molecule has 1 N–H and O–H groups in total. The van der Waals surface area contributed by atoms with Crippen molar-refractivity contribution < 1.29 is 9.22 Å². The van der Waals surface area contributed by atoms with Crippen LogP contribution in [0.3, 0.4) is 0 Å². The molecule has 26 heavy (non-hydrogen) atoms. The summed E-state index contributed by atoms with van der Waals surface area (Å²) in [4.78, 5) is 13.2. The molecule has 0 saturated carbocycles. The normalized spacial score (nSPS) is 14.4. The minimum atomic E-state index is -2.41. The Morgan fingerprint density at radius 1 is 1.04 bits per heavy atom. The van der Waals surface area contributed by atoms with Crippen LogP contribution in [0.1, 0.15) is 61.0 Å². The van der Waals surface area contributed by atoms with Gasteiger partial charge in [0.2, 0.25) is 0 Å². The van der Waals surface area contributed by atoms with Crippen LogP contribution in [0.25, 0.3) is 0 Å². The van der Waals surface area contributed by atoms with Crippen molar-refractivity contribution in [2.75, 3.05) is 7.05 Å². The summed E-state index contributed by atoms with van der Waals surface area (Å²) in [6.45, 7) is 17.9. The second-order valence-corrected chi connectivity index (χ2v) is 15.1. The molecule has 0 heterocycles. The molecule has 0 aliphatic carbocycles. The van der Waals surface area contributed by atoms with E-state index in [0.29, 0.717) is 12.3 Å². The minimum Gasteiger partial charge on any atom is -0.517 e. The number of hydrogen-bond donors (Lipinski definition) is 1. The molecule has 0 amide bonds. The van der Waals surface area contributed by atoms with E-state index in [-0.39, 0.29) is 22.1 Å². The third kappa shape index (κ3) is 5.43. The fourth-order valence-electron chi connectivity index (χ4n) is 4.06. The summed E-state index contributed by atoms with van der Waals surface area (Å²) >= 11 is 0. The average Bonchev–Trinajstić information content (AvgIpc) is 2.50. The topological polar surface area (TPSA) is 38.3 Å². The van der Waals surface area contributed by atoms with Gasteiger partial charge in [0, 0.05) is 0 Å². The predicted octanol–water partition coefficient (Wildman–Crippen LogP) is 5.56. The summed E-state index contributed by atoms with van der Waals surface area (Å²) in [5.41, 5.74) is 1.14. The standard InChI is InChI=1S/C22H39NO2Si/c1-17(2)16-26(21(3,4)5,22(6,7)8)25-20(24)19(23-9)15-18-13-11-10-12-14-18/h10-14,17,19,23H,15-16H2,1-9H3/t19-/m0/s1. The van der Waals surface area contributed by atoms with Gasteiger partial charge in [-0.05, 0) is 41.1 Å². The average molecular weight is 378 g/mol. The number of benzene rings is 1. The van der Waals surface area contributed by atoms with Gasteiger partial charge < -0.3 is 9.74 Å². The van der Waals surface area contributed by atoms with Crippen molar-refractivity contribution in [1.29, 1.82) is 0 Å². The van der Waals surface area contributed by atoms with Gasteiger partial charge in [0.15, 0.2) is 0 Å². The lowest BCUT2D eigenvalue weighted by atomic mass is 10.1. The van der Waals surface area contributed by atoms with Crippen LogP contribution in [0.15, 0.2) is 30.3 Å². The predicted molar refractivity (Wildman–Crippen MR) is 114 cm³/mol. The quantitative estimate of drug-likeness (QED) is 0.632. The van der Waals surface area contributed by atoms with Gasteiger partial charge in [-0.1, -0.05) is 85.7 Å². The molecular weight excluding hydrogens is 338 g/mol. The minimum absolute atomic E-state index is 0.0315. The molecule has 148 valence electrons. The van der Waals surface area contributed by atoms with Crippen LogP contribution >= 0.6 is 0 Å². The van der Waals surface area contributed by atoms with Crippen molar-refractivity contribution in [2.45, 2.75) is 84.0 Å². The van der Waals surface area contributed by atoms with E-state index in [1.807, 2.05) is 25.2 Å². The molecule has 0 radical (unpaired) electrons. The molecule has 0 aliphatic heterocycles. The first-order chi connectivity index (χ1) is 11.8. The van der Waals surface area contributed by atoms with E-state index in [9.17, 15) is 4.79 Å². The van der Waals surface area contributed by atoms with E-state index in [4.69, 9.17) is 4.43 Å². The van der Waals surface area contributed by atoms with Crippen LogP contribution < -0.4 is 5.32 Å². The summed E-state index contributed by atoms with van der Waals surface area (Å²) in [6, 6.07) is 10.8. The first-order valence-electron chi connectivity index (χ1n) is 9.78. The van der Waals surface area contributed by atoms with Crippen molar-refractivity contribution in [3.8, 4) is 0 Å². The lowest BCUT2D eigenvalue weighted by Crippen LogP contribution is -2.58. The van der Waals surface area contributed by atoms with E-state index in [1.165, 1.54) is 0 Å². The second kappa shape index (κ2) is 8.70. The molecule has 4 heteroatoms. The number of hydrogen-bond acceptors (Lipinski definition) is 3. The molecule has 1 atom stereocenters. The first kappa shape index (κ1) is 22.9. The van der Waals surface area contributed by atoms with Crippen LogP contribution in [0.2, 0.25) is 16.1 Å². The maximum atomic E-state index is 13.2. The van der Waals surface area contributed by atoms with Crippen LogP contribution in [-0.2, 0) is 15.6 Å². The Bertz CT molecular complexity index is 556. The van der Waals surface area contributed by atoms with Gasteiger partial charge in [0.1, 0.15) is 6.04 Å². The van der Waals surface area contributed by atoms with E-state index in [1.54, 1.807) is 0 Å². The summed E-state index contributed by atoms with van der Waals surface area (Å²) in [5.74, 6) is 0.392. The molecule has 0 aromatic heterocycles. The highest BCUT2D eigenvalue weighted by atomic mass is 28.4. The summed E-state index contributed by atoms with van der Waals surface area (Å²) in [6.07, 6.45) is 0.649. The third-order valence-corrected chi connectivity index (χ3v) is 12.1. The van der Waals surface area contributed by atoms with E-state index in [2.05, 4.69) is 72.8 Å². The molecule has 3 nitrogen and oxygen atoms in total. The van der Waals surface area contributed by atoms with Gasteiger partial charge in [-0.25, -0.2) is 0 Å². The molecule has 0 unspecified atom stereocenters. The fourth-order valence-corrected chi connectivity index (χ4v) is 9.86. The maximum absolute atomic E-state index is 13.2. The summed E-state index contributed by atoms with van der Waals surface area (Å²) in [7, 11) is -0.569. The van der Waals surface area contributed by atoms with Gasteiger partial charge in [0.05, 0.1) is 0 Å². The van der Waals surface area contributed by atoms with Gasteiger partial charge in [0.25, 0.3) is 8.32 Å². The zero-order valence-corrected chi connectivity index (χ0v) is 19.3. The van der Waals surface area contributed by atoms with E-state index >= 15 is 0 Å². The Kier molecular flexibility index (Phi) is 7.67. The second-order valence-electron chi connectivity index (χ2n) is 9.88. The Morgan fingerprint density at radius 2 is 1.54 bits per heavy atom. The molecule has 0 spiro atoms. The molecule has 0 saturated heterocycles. The third-order valence-electron chi connectivity index (χ3n) is 5.31. The molecule has 1 rings (SSSR count). The number of carbonyl (C=O) groups excluding carboxylic acids is 1. The summed E-state index contributed by atoms with van der Waals surface area (Å²) in [5, 5.41) is 3.11. The molecule has 0 aliphatic rings. The highest BCUT2D eigenvalue weighted by Crippen LogP contribution is 2.55. The lowest BCUT2D eigenvalue weighted by Gasteiger charge is -2.51. The van der Waals surface area contributed by atoms with Crippen molar-refractivity contribution in [2.24, 2.45) is 5.92 Å². The number of rotatable bonds is 7. The van der Waals surface area contributed by atoms with Crippen molar-refractivity contribution in [3.63, 3.8) is 0 Å². The van der Waals surface area contributed by atoms with Gasteiger partial charge in [-0.3, -0.25) is 4.79 Å². The van der Waals surface area contributed by atoms with Crippen LogP contribution in [-0.4, -0.2) is 27.4 Å². The van der Waals surface area contributed by atoms with Crippen molar-refractivity contribution in [1.82, 2.24) is 5.32 Å². The Hall–Kier alpha value is -1.13. The smallest absolute Gasteiger partial charge is 0.310 e. The monoisotopic (exact) mass is 377 g/mol. The largest absolute Gasteiger partial charge is 0.517 e. The highest BCUT2D eigenvalue weighted by molar-refractivity contribution is 6.80. The lowest BCUT2D eigenvalue weighted by molar-refractivity contribution is -0.138. The molecule has 1 aromatic rings. The maximum Gasteiger partial charge on any atom is 0.310 e. The van der Waals surface area contributed by atoms with Gasteiger partial charge in [-0.2, -0.15) is 0 Å². The fraction of sp³-hybridized carbons (Fsp3) is 0.682. The van der Waals surface area contributed by atoms with Gasteiger partial charge >= 0.3 is 5.97 Å². The van der Waals surface area contributed by atoms with Crippen molar-refractivity contribution >= 4 is 14.3 Å². The van der Waals surface area contributed by atoms with Gasteiger partial charge in [-0.15, -0.1) is 0 Å². The zero-order valence-electron chi connectivity index (χ0n) is 18.3. The number of carbonyl (C=O) groups is 1. The van der Waals surface area contributed by atoms with Crippen LogP contribution in [0.4, 0.5) is 0 Å². The molecular formula is C22H39NO2Si.